The average molecular weight is 239 g/mol. The average Bonchev–Trinajstić information content (AvgIpc) is 2.29. The number of ether oxygens (including phenoxy) is 1. The van der Waals surface area contributed by atoms with Gasteiger partial charge in [0, 0.05) is 6.54 Å². The van der Waals surface area contributed by atoms with Crippen molar-refractivity contribution < 1.29 is 4.74 Å². The molecular weight excluding hydrogens is 210 g/mol. The van der Waals surface area contributed by atoms with Crippen LogP contribution in [-0.2, 0) is 4.74 Å². The Morgan fingerprint density at radius 3 is 2.12 bits per heavy atom. The third-order valence-electron chi connectivity index (χ3n) is 4.69. The van der Waals surface area contributed by atoms with Crippen LogP contribution in [0.25, 0.3) is 0 Å². The van der Waals surface area contributed by atoms with E-state index in [1.165, 1.54) is 51.4 Å². The lowest BCUT2D eigenvalue weighted by molar-refractivity contribution is -0.128. The minimum Gasteiger partial charge on any atom is -0.370 e. The quantitative estimate of drug-likeness (QED) is 0.818. The summed E-state index contributed by atoms with van der Waals surface area (Å²) < 4.78 is 6.48. The molecule has 0 aromatic heterocycles. The standard InChI is InChI=1S/C15H29NO/c1-12-8-13(2)10-14(9-12)17-15(11-16)6-4-3-5-7-15/h12-14H,3-11,16H2,1-2H3. The van der Waals surface area contributed by atoms with Gasteiger partial charge in [0.05, 0.1) is 11.7 Å². The number of hydrogen-bond donors (Lipinski definition) is 1. The Bertz CT molecular complexity index is 225. The van der Waals surface area contributed by atoms with Gasteiger partial charge in [0.1, 0.15) is 0 Å². The van der Waals surface area contributed by atoms with Gasteiger partial charge in [-0.2, -0.15) is 0 Å². The molecule has 0 spiro atoms. The molecule has 2 unspecified atom stereocenters. The zero-order valence-corrected chi connectivity index (χ0v) is 11.6. The van der Waals surface area contributed by atoms with Gasteiger partial charge in [-0.3, -0.25) is 0 Å². The Morgan fingerprint density at radius 2 is 1.59 bits per heavy atom. The summed E-state index contributed by atoms with van der Waals surface area (Å²) in [4.78, 5) is 0. The number of nitrogens with two attached hydrogens (primary N) is 1. The largest absolute Gasteiger partial charge is 0.370 e. The Kier molecular flexibility index (Phi) is 4.48. The molecule has 2 atom stereocenters. The van der Waals surface area contributed by atoms with Crippen molar-refractivity contribution in [1.82, 2.24) is 0 Å². The molecular formula is C15H29NO. The van der Waals surface area contributed by atoms with Crippen LogP contribution in [-0.4, -0.2) is 18.2 Å². The third-order valence-corrected chi connectivity index (χ3v) is 4.69. The highest BCUT2D eigenvalue weighted by atomic mass is 16.5. The van der Waals surface area contributed by atoms with Crippen molar-refractivity contribution in [1.29, 1.82) is 0 Å². The monoisotopic (exact) mass is 239 g/mol. The van der Waals surface area contributed by atoms with Gasteiger partial charge in [0.25, 0.3) is 0 Å². The van der Waals surface area contributed by atoms with E-state index in [-0.39, 0.29) is 5.60 Å². The van der Waals surface area contributed by atoms with E-state index in [1.54, 1.807) is 0 Å². The summed E-state index contributed by atoms with van der Waals surface area (Å²) in [7, 11) is 0. The van der Waals surface area contributed by atoms with E-state index in [1.807, 2.05) is 0 Å². The van der Waals surface area contributed by atoms with Crippen molar-refractivity contribution in [3.63, 3.8) is 0 Å². The van der Waals surface area contributed by atoms with E-state index in [0.29, 0.717) is 12.6 Å². The smallest absolute Gasteiger partial charge is 0.0807 e. The molecule has 2 saturated carbocycles. The lowest BCUT2D eigenvalue weighted by Crippen LogP contribution is -2.46. The highest BCUT2D eigenvalue weighted by molar-refractivity contribution is 4.88. The summed E-state index contributed by atoms with van der Waals surface area (Å²) in [6.07, 6.45) is 10.7. The minimum atomic E-state index is 0.0275. The first-order chi connectivity index (χ1) is 8.13. The SMILES string of the molecule is CC1CC(C)CC(OC2(CN)CCCCC2)C1. The molecule has 2 fully saturated rings. The van der Waals surface area contributed by atoms with Crippen molar-refractivity contribution >= 4 is 0 Å². The molecule has 0 saturated heterocycles. The fraction of sp³-hybridized carbons (Fsp3) is 1.00. The molecule has 2 rings (SSSR count). The highest BCUT2D eigenvalue weighted by Crippen LogP contribution is 2.37. The Labute approximate surface area is 106 Å². The molecule has 0 heterocycles. The van der Waals surface area contributed by atoms with Gasteiger partial charge in [0.15, 0.2) is 0 Å². The first-order valence-corrected chi connectivity index (χ1v) is 7.51. The molecule has 2 aliphatic carbocycles. The predicted molar refractivity (Wildman–Crippen MR) is 71.9 cm³/mol. The Morgan fingerprint density at radius 1 is 1.00 bits per heavy atom. The van der Waals surface area contributed by atoms with E-state index in [2.05, 4.69) is 13.8 Å². The predicted octanol–water partition coefficient (Wildman–Crippen LogP) is 3.49. The lowest BCUT2D eigenvalue weighted by Gasteiger charge is -2.42. The molecule has 2 aliphatic rings. The second kappa shape index (κ2) is 5.71. The van der Waals surface area contributed by atoms with Gasteiger partial charge in [0.2, 0.25) is 0 Å². The summed E-state index contributed by atoms with van der Waals surface area (Å²) >= 11 is 0. The van der Waals surface area contributed by atoms with Crippen LogP contribution in [0.15, 0.2) is 0 Å². The van der Waals surface area contributed by atoms with Gasteiger partial charge in [-0.05, 0) is 43.9 Å². The van der Waals surface area contributed by atoms with Crippen molar-refractivity contribution in [3.8, 4) is 0 Å². The fourth-order valence-corrected chi connectivity index (χ4v) is 3.89. The van der Waals surface area contributed by atoms with E-state index >= 15 is 0 Å². The van der Waals surface area contributed by atoms with Crippen LogP contribution in [0.4, 0.5) is 0 Å². The zero-order chi connectivity index (χ0) is 12.3. The molecule has 0 radical (unpaired) electrons. The first kappa shape index (κ1) is 13.4. The minimum absolute atomic E-state index is 0.0275. The number of rotatable bonds is 3. The topological polar surface area (TPSA) is 35.2 Å². The third kappa shape index (κ3) is 3.45. The summed E-state index contributed by atoms with van der Waals surface area (Å²) in [5.41, 5.74) is 6.03. The second-order valence-electron chi connectivity index (χ2n) is 6.61. The van der Waals surface area contributed by atoms with Gasteiger partial charge in [-0.15, -0.1) is 0 Å². The van der Waals surface area contributed by atoms with Crippen molar-refractivity contribution in [2.24, 2.45) is 17.6 Å². The van der Waals surface area contributed by atoms with Crippen molar-refractivity contribution in [3.05, 3.63) is 0 Å². The van der Waals surface area contributed by atoms with Crippen LogP contribution in [0.2, 0.25) is 0 Å². The summed E-state index contributed by atoms with van der Waals surface area (Å²) in [6.45, 7) is 5.44. The maximum Gasteiger partial charge on any atom is 0.0807 e. The van der Waals surface area contributed by atoms with Gasteiger partial charge in [-0.25, -0.2) is 0 Å². The molecule has 2 N–H and O–H groups in total. The normalized spacial score (nSPS) is 37.9. The molecule has 17 heavy (non-hydrogen) atoms. The maximum atomic E-state index is 6.48. The second-order valence-corrected chi connectivity index (χ2v) is 6.61. The van der Waals surface area contributed by atoms with Crippen LogP contribution in [0.3, 0.4) is 0 Å². The van der Waals surface area contributed by atoms with Gasteiger partial charge in [-0.1, -0.05) is 33.1 Å². The molecule has 2 nitrogen and oxygen atoms in total. The van der Waals surface area contributed by atoms with Gasteiger partial charge < -0.3 is 10.5 Å². The summed E-state index contributed by atoms with van der Waals surface area (Å²) in [6, 6.07) is 0. The summed E-state index contributed by atoms with van der Waals surface area (Å²) in [5.74, 6) is 1.64. The van der Waals surface area contributed by atoms with Crippen LogP contribution in [0, 0.1) is 11.8 Å². The van der Waals surface area contributed by atoms with Crippen LogP contribution >= 0.6 is 0 Å². The Hall–Kier alpha value is -0.0800. The van der Waals surface area contributed by atoms with Crippen LogP contribution in [0.5, 0.6) is 0 Å². The van der Waals surface area contributed by atoms with E-state index in [9.17, 15) is 0 Å². The molecule has 2 heteroatoms. The first-order valence-electron chi connectivity index (χ1n) is 7.51. The molecule has 0 aromatic carbocycles. The number of hydrogen-bond acceptors (Lipinski definition) is 2. The van der Waals surface area contributed by atoms with E-state index < -0.39 is 0 Å². The molecule has 0 aliphatic heterocycles. The van der Waals surface area contributed by atoms with Crippen LogP contribution < -0.4 is 5.73 Å². The van der Waals surface area contributed by atoms with Gasteiger partial charge >= 0.3 is 0 Å². The van der Waals surface area contributed by atoms with Crippen molar-refractivity contribution in [2.75, 3.05) is 6.54 Å². The van der Waals surface area contributed by atoms with E-state index in [4.69, 9.17) is 10.5 Å². The summed E-state index contributed by atoms with van der Waals surface area (Å²) in [5, 5.41) is 0. The fourth-order valence-electron chi connectivity index (χ4n) is 3.89. The van der Waals surface area contributed by atoms with Crippen molar-refractivity contribution in [2.45, 2.75) is 76.9 Å². The van der Waals surface area contributed by atoms with E-state index in [0.717, 1.165) is 11.8 Å². The van der Waals surface area contributed by atoms with Crippen LogP contribution in [0.1, 0.15) is 65.2 Å². The maximum absolute atomic E-state index is 6.48. The Balaban J connectivity index is 1.93. The molecule has 0 aromatic rings. The molecule has 0 amide bonds. The molecule has 100 valence electrons. The highest BCUT2D eigenvalue weighted by Gasteiger charge is 2.36. The zero-order valence-electron chi connectivity index (χ0n) is 11.6. The molecule has 0 bridgehead atoms. The lowest BCUT2D eigenvalue weighted by atomic mass is 9.80.